The molecule has 1 aliphatic heterocycles. The van der Waals surface area contributed by atoms with Gasteiger partial charge < -0.3 is 29.1 Å². The first-order valence-corrected chi connectivity index (χ1v) is 12.2. The number of ether oxygens (including phenoxy) is 3. The molecule has 0 aliphatic carbocycles. The van der Waals surface area contributed by atoms with E-state index in [1.165, 1.54) is 0 Å². The molecule has 1 amide bonds. The molecule has 1 aliphatic rings. The molecule has 2 aromatic rings. The van der Waals surface area contributed by atoms with Crippen LogP contribution in [0.3, 0.4) is 0 Å². The third kappa shape index (κ3) is 6.30. The summed E-state index contributed by atoms with van der Waals surface area (Å²) in [6.45, 7) is 5.20. The van der Waals surface area contributed by atoms with E-state index in [9.17, 15) is 33.4 Å². The fraction of sp³-hybridized carbons (Fsp3) is 0.611. The van der Waals surface area contributed by atoms with Crippen molar-refractivity contribution in [3.05, 3.63) is 11.6 Å². The Bertz CT molecular complexity index is 1170. The predicted molar refractivity (Wildman–Crippen MR) is 117 cm³/mol. The van der Waals surface area contributed by atoms with Crippen LogP contribution in [-0.2, 0) is 23.6 Å². The maximum atomic E-state index is 15.0. The number of carbonyl (C=O) groups excluding carboxylic acids is 2. The van der Waals surface area contributed by atoms with Gasteiger partial charge in [0.2, 0.25) is 11.1 Å². The molecule has 3 heterocycles. The number of nitrogens with one attached hydrogen (secondary N) is 1. The van der Waals surface area contributed by atoms with Crippen LogP contribution in [0.5, 0.6) is 0 Å². The van der Waals surface area contributed by atoms with Crippen molar-refractivity contribution in [3.8, 4) is 0 Å². The van der Waals surface area contributed by atoms with E-state index in [1.54, 1.807) is 20.8 Å². The summed E-state index contributed by atoms with van der Waals surface area (Å²) in [6.07, 6.45) is -6.45. The molecule has 5 atom stereocenters. The Balaban J connectivity index is 1.84. The van der Waals surface area contributed by atoms with E-state index in [1.807, 2.05) is 0 Å². The highest BCUT2D eigenvalue weighted by molar-refractivity contribution is 7.53. The Morgan fingerprint density at radius 3 is 2.60 bits per heavy atom. The molecule has 0 aromatic carbocycles. The summed E-state index contributed by atoms with van der Waals surface area (Å²) in [5.41, 5.74) is -0.829. The molecule has 2 aromatic heterocycles. The number of aromatic nitrogens is 4. The van der Waals surface area contributed by atoms with Crippen LogP contribution in [0.1, 0.15) is 33.9 Å². The molecule has 0 bridgehead atoms. The number of rotatable bonds is 7. The van der Waals surface area contributed by atoms with Gasteiger partial charge >= 0.3 is 13.7 Å². The van der Waals surface area contributed by atoms with E-state index < -0.39 is 62.1 Å². The lowest BCUT2D eigenvalue weighted by Gasteiger charge is -2.20. The van der Waals surface area contributed by atoms with Gasteiger partial charge in [-0.25, -0.2) is 14.2 Å². The largest absolute Gasteiger partial charge is 0.444 e. The Kier molecular flexibility index (Phi) is 7.82. The van der Waals surface area contributed by atoms with Crippen LogP contribution < -0.4 is 5.32 Å². The topological polar surface area (TPSA) is 195 Å². The van der Waals surface area contributed by atoms with E-state index in [0.29, 0.717) is 0 Å². The fourth-order valence-corrected chi connectivity index (χ4v) is 4.18. The molecule has 0 radical (unpaired) electrons. The summed E-state index contributed by atoms with van der Waals surface area (Å²) < 4.78 is 43.1. The number of aliphatic hydroxyl groups excluding tert-OH is 1. The molecule has 1 unspecified atom stereocenters. The van der Waals surface area contributed by atoms with Gasteiger partial charge in [0, 0.05) is 0 Å². The number of alkyl halides is 1. The smallest absolute Gasteiger partial charge is 0.413 e. The first-order valence-electron chi connectivity index (χ1n) is 10.1. The maximum Gasteiger partial charge on any atom is 0.413 e. The highest BCUT2D eigenvalue weighted by Gasteiger charge is 2.47. The average Bonchev–Trinajstić information content (AvgIpc) is 3.21. The van der Waals surface area contributed by atoms with Gasteiger partial charge in [-0.2, -0.15) is 9.97 Å². The molecular weight excluding hydrogens is 516 g/mol. The first-order chi connectivity index (χ1) is 16.1. The zero-order chi connectivity index (χ0) is 26.3. The minimum atomic E-state index is -4.95. The predicted octanol–water partition coefficient (Wildman–Crippen LogP) is 1.53. The molecule has 0 spiro atoms. The Hall–Kier alpha value is -2.26. The van der Waals surface area contributed by atoms with Gasteiger partial charge in [0.1, 0.15) is 17.8 Å². The lowest BCUT2D eigenvalue weighted by atomic mass is 10.1. The summed E-state index contributed by atoms with van der Waals surface area (Å²) in [5, 5.41) is 12.3. The molecule has 0 saturated carbocycles. The summed E-state index contributed by atoms with van der Waals surface area (Å²) in [5.74, 6) is -3.15. The van der Waals surface area contributed by atoms with Crippen LogP contribution >= 0.6 is 19.2 Å². The number of carbonyl (C=O) groups is 2. The molecule has 35 heavy (non-hydrogen) atoms. The average molecular weight is 540 g/mol. The van der Waals surface area contributed by atoms with Crippen molar-refractivity contribution >= 4 is 48.1 Å². The van der Waals surface area contributed by atoms with Crippen LogP contribution in [0.15, 0.2) is 6.33 Å². The number of fused-ring (bicyclic) bond motifs is 1. The van der Waals surface area contributed by atoms with Crippen molar-refractivity contribution in [2.75, 3.05) is 11.9 Å². The number of hydrogen-bond acceptors (Lipinski definition) is 10. The van der Waals surface area contributed by atoms with Gasteiger partial charge in [-0.1, -0.05) is 0 Å². The Morgan fingerprint density at radius 1 is 1.37 bits per heavy atom. The van der Waals surface area contributed by atoms with E-state index in [-0.39, 0.29) is 22.3 Å². The summed E-state index contributed by atoms with van der Waals surface area (Å²) in [7, 11) is -4.95. The summed E-state index contributed by atoms with van der Waals surface area (Å²) in [4.78, 5) is 54.1. The minimum Gasteiger partial charge on any atom is -0.444 e. The molecule has 14 nitrogen and oxygen atoms in total. The molecule has 17 heteroatoms. The van der Waals surface area contributed by atoms with Crippen LogP contribution in [-0.4, -0.2) is 82.7 Å². The lowest BCUT2D eigenvalue weighted by molar-refractivity contribution is -0.128. The van der Waals surface area contributed by atoms with Gasteiger partial charge in [-0.15, -0.1) is 0 Å². The van der Waals surface area contributed by atoms with Gasteiger partial charge in [0.05, 0.1) is 12.9 Å². The standard InChI is InChI=1S/C18H24ClFN5O9P/c1-7(26)15(35(29,30)31)32-5-8-11(27)9(20)14(33-8)25-6-21-10-12(22-16(19)24-13(10)25)23-17(28)34-18(2,3)4/h6,8-9,11,14-15,27H,5H2,1-4H3,(H2,29,30,31)(H,22,23,24,28)/t8-,9+,11-,14-,15?/m1/s1. The number of anilines is 1. The van der Waals surface area contributed by atoms with Gasteiger partial charge in [-0.3, -0.25) is 19.2 Å². The monoisotopic (exact) mass is 539 g/mol. The van der Waals surface area contributed by atoms with Crippen molar-refractivity contribution in [2.45, 2.75) is 63.7 Å². The van der Waals surface area contributed by atoms with Crippen molar-refractivity contribution in [1.29, 1.82) is 0 Å². The number of ketones is 1. The number of amides is 1. The zero-order valence-electron chi connectivity index (χ0n) is 19.0. The number of Topliss-reactive ketones (excluding diaryl/α,β-unsaturated/α-hetero) is 1. The molecule has 3 rings (SSSR count). The van der Waals surface area contributed by atoms with Crippen LogP contribution in [0.4, 0.5) is 15.0 Å². The van der Waals surface area contributed by atoms with Gasteiger partial charge in [0.15, 0.2) is 35.2 Å². The minimum absolute atomic E-state index is 0.0170. The third-order valence-electron chi connectivity index (χ3n) is 4.65. The Morgan fingerprint density at radius 2 is 2.03 bits per heavy atom. The lowest BCUT2D eigenvalue weighted by Crippen LogP contribution is -2.34. The quantitative estimate of drug-likeness (QED) is 0.293. The number of imidazole rings is 1. The first kappa shape index (κ1) is 27.3. The molecular formula is C18H24ClFN5O9P. The zero-order valence-corrected chi connectivity index (χ0v) is 20.6. The highest BCUT2D eigenvalue weighted by Crippen LogP contribution is 2.43. The van der Waals surface area contributed by atoms with E-state index in [2.05, 4.69) is 20.3 Å². The second-order valence-electron chi connectivity index (χ2n) is 8.68. The number of hydrogen-bond donors (Lipinski definition) is 4. The van der Waals surface area contributed by atoms with Gasteiger partial charge in [0.25, 0.3) is 0 Å². The van der Waals surface area contributed by atoms with Gasteiger partial charge in [-0.05, 0) is 39.3 Å². The van der Waals surface area contributed by atoms with E-state index in [4.69, 9.17) is 25.8 Å². The normalized spacial score (nSPS) is 23.9. The van der Waals surface area contributed by atoms with Crippen molar-refractivity contribution in [2.24, 2.45) is 0 Å². The van der Waals surface area contributed by atoms with Crippen molar-refractivity contribution < 1.29 is 47.6 Å². The number of nitrogens with zero attached hydrogens (tertiary/aromatic N) is 4. The van der Waals surface area contributed by atoms with E-state index in [0.717, 1.165) is 17.8 Å². The SMILES string of the molecule is CC(=O)C(OC[C@H]1O[C@@H](n2cnc3c(NC(=O)OC(C)(C)C)nc(Cl)nc32)[C@@H](F)[C@@H]1O)P(=O)(O)O. The van der Waals surface area contributed by atoms with Crippen LogP contribution in [0.2, 0.25) is 5.28 Å². The Labute approximate surface area is 202 Å². The van der Waals surface area contributed by atoms with E-state index >= 15 is 0 Å². The van der Waals surface area contributed by atoms with Crippen LogP contribution in [0.25, 0.3) is 11.2 Å². The third-order valence-corrected chi connectivity index (χ3v) is 5.95. The summed E-state index contributed by atoms with van der Waals surface area (Å²) >= 11 is 5.96. The maximum absolute atomic E-state index is 15.0. The van der Waals surface area contributed by atoms with Crippen LogP contribution in [0, 0.1) is 0 Å². The highest BCUT2D eigenvalue weighted by atomic mass is 35.5. The second-order valence-corrected chi connectivity index (χ2v) is 10.7. The molecule has 4 N–H and O–H groups in total. The number of aliphatic hydroxyl groups is 1. The second kappa shape index (κ2) is 10.0. The van der Waals surface area contributed by atoms with Crippen molar-refractivity contribution in [1.82, 2.24) is 19.5 Å². The summed E-state index contributed by atoms with van der Waals surface area (Å²) in [6, 6.07) is 0. The fourth-order valence-electron chi connectivity index (χ4n) is 3.27. The van der Waals surface area contributed by atoms with Crippen molar-refractivity contribution in [3.63, 3.8) is 0 Å². The molecule has 1 fully saturated rings. The molecule has 194 valence electrons. The molecule has 1 saturated heterocycles. The number of halogens is 2.